The van der Waals surface area contributed by atoms with Gasteiger partial charge in [0.2, 0.25) is 5.95 Å². The molecule has 1 aromatic carbocycles. The largest absolute Gasteiger partial charge is 0.450 e. The highest BCUT2D eigenvalue weighted by atomic mass is 19.4. The van der Waals surface area contributed by atoms with Gasteiger partial charge in [-0.1, -0.05) is 6.07 Å². The maximum Gasteiger partial charge on any atom is 0.417 e. The van der Waals surface area contributed by atoms with Crippen molar-refractivity contribution < 1.29 is 17.6 Å². The van der Waals surface area contributed by atoms with E-state index in [9.17, 15) is 13.2 Å². The quantitative estimate of drug-likeness (QED) is 0.741. The van der Waals surface area contributed by atoms with Crippen LogP contribution in [0, 0.1) is 0 Å². The zero-order valence-electron chi connectivity index (χ0n) is 13.2. The number of halogens is 3. The zero-order valence-corrected chi connectivity index (χ0v) is 13.2. The molecule has 0 bridgehead atoms. The Morgan fingerprint density at radius 3 is 2.76 bits per heavy atom. The molecule has 0 unspecified atom stereocenters. The number of hydrogen-bond donors (Lipinski definition) is 2. The molecule has 0 radical (unpaired) electrons. The number of anilines is 2. The summed E-state index contributed by atoms with van der Waals surface area (Å²) in [6.45, 7) is 1.08. The van der Waals surface area contributed by atoms with Gasteiger partial charge in [0.1, 0.15) is 11.1 Å². The number of aromatic nitrogens is 2. The Morgan fingerprint density at radius 1 is 1.28 bits per heavy atom. The van der Waals surface area contributed by atoms with Crippen LogP contribution in [0.4, 0.5) is 24.9 Å². The van der Waals surface area contributed by atoms with Gasteiger partial charge in [-0.3, -0.25) is 0 Å². The van der Waals surface area contributed by atoms with E-state index in [1.807, 2.05) is 11.0 Å². The molecule has 3 aromatic rings. The van der Waals surface area contributed by atoms with Crippen molar-refractivity contribution in [2.45, 2.75) is 6.18 Å². The van der Waals surface area contributed by atoms with Crippen molar-refractivity contribution in [2.75, 3.05) is 30.8 Å². The Morgan fingerprint density at radius 2 is 2.08 bits per heavy atom. The van der Waals surface area contributed by atoms with Crippen LogP contribution in [-0.4, -0.2) is 30.1 Å². The van der Waals surface area contributed by atoms with E-state index >= 15 is 0 Å². The second-order valence-corrected chi connectivity index (χ2v) is 5.72. The molecule has 4 rings (SSSR count). The second kappa shape index (κ2) is 5.27. The first-order valence-corrected chi connectivity index (χ1v) is 7.56. The standard InChI is InChI=1S/C16H14F3N5O/c1-21-8-5-6-24(7-8)14-13-12(22-15(20)23-14)11-9(16(17,18)19)3-2-4-10(11)25-13/h2-5,21H,6-7H2,1H3,(H2,20,22,23). The fourth-order valence-electron chi connectivity index (χ4n) is 3.04. The van der Waals surface area contributed by atoms with E-state index in [0.717, 1.165) is 11.8 Å². The molecule has 25 heavy (non-hydrogen) atoms. The first-order chi connectivity index (χ1) is 11.9. The van der Waals surface area contributed by atoms with Gasteiger partial charge in [-0.15, -0.1) is 0 Å². The highest BCUT2D eigenvalue weighted by Crippen LogP contribution is 2.41. The number of hydrogen-bond acceptors (Lipinski definition) is 6. The van der Waals surface area contributed by atoms with Crippen LogP contribution in [0.1, 0.15) is 5.56 Å². The number of nitrogens with two attached hydrogens (primary N) is 1. The van der Waals surface area contributed by atoms with Crippen LogP contribution in [0.15, 0.2) is 34.4 Å². The number of alkyl halides is 3. The predicted octanol–water partition coefficient (Wildman–Crippen LogP) is 2.90. The number of nitrogen functional groups attached to an aromatic ring is 1. The van der Waals surface area contributed by atoms with Crippen molar-refractivity contribution in [1.29, 1.82) is 0 Å². The summed E-state index contributed by atoms with van der Waals surface area (Å²) in [5, 5.41) is 2.95. The average Bonchev–Trinajstić information content (AvgIpc) is 3.17. The van der Waals surface area contributed by atoms with Gasteiger partial charge in [-0.2, -0.15) is 18.2 Å². The Bertz CT molecular complexity index is 1010. The summed E-state index contributed by atoms with van der Waals surface area (Å²) < 4.78 is 45.8. The van der Waals surface area contributed by atoms with Gasteiger partial charge in [0.25, 0.3) is 0 Å². The smallest absolute Gasteiger partial charge is 0.417 e. The van der Waals surface area contributed by atoms with E-state index in [1.54, 1.807) is 7.05 Å². The molecule has 0 saturated heterocycles. The van der Waals surface area contributed by atoms with Gasteiger partial charge >= 0.3 is 6.18 Å². The first-order valence-electron chi connectivity index (χ1n) is 7.56. The van der Waals surface area contributed by atoms with Gasteiger partial charge in [0, 0.05) is 19.3 Å². The van der Waals surface area contributed by atoms with Crippen LogP contribution in [0.3, 0.4) is 0 Å². The van der Waals surface area contributed by atoms with Crippen molar-refractivity contribution in [2.24, 2.45) is 0 Å². The minimum atomic E-state index is -4.52. The highest BCUT2D eigenvalue weighted by Gasteiger charge is 2.35. The van der Waals surface area contributed by atoms with Gasteiger partial charge in [-0.05, 0) is 18.2 Å². The number of likely N-dealkylation sites (N-methyl/N-ethyl adjacent to an activating group) is 1. The minimum absolute atomic E-state index is 0.0725. The van der Waals surface area contributed by atoms with Crippen molar-refractivity contribution >= 4 is 33.8 Å². The molecule has 3 N–H and O–H groups in total. The maximum atomic E-state index is 13.4. The van der Waals surface area contributed by atoms with Gasteiger partial charge < -0.3 is 20.4 Å². The van der Waals surface area contributed by atoms with Crippen molar-refractivity contribution in [3.05, 3.63) is 35.5 Å². The molecule has 0 saturated carbocycles. The fourth-order valence-corrected chi connectivity index (χ4v) is 3.04. The normalized spacial score (nSPS) is 15.2. The van der Waals surface area contributed by atoms with Crippen LogP contribution in [0.25, 0.3) is 22.1 Å². The Labute approximate surface area is 140 Å². The summed E-state index contributed by atoms with van der Waals surface area (Å²) >= 11 is 0. The lowest BCUT2D eigenvalue weighted by molar-refractivity contribution is -0.136. The van der Waals surface area contributed by atoms with Gasteiger partial charge in [0.05, 0.1) is 17.5 Å². The van der Waals surface area contributed by atoms with Crippen LogP contribution in [0.5, 0.6) is 0 Å². The molecule has 0 fully saturated rings. The van der Waals surface area contributed by atoms with E-state index < -0.39 is 11.7 Å². The average molecular weight is 349 g/mol. The molecule has 0 atom stereocenters. The van der Waals surface area contributed by atoms with Crippen molar-refractivity contribution in [3.8, 4) is 0 Å². The Hall–Kier alpha value is -2.97. The number of furan rings is 1. The van der Waals surface area contributed by atoms with Crippen LogP contribution < -0.4 is 16.0 Å². The van der Waals surface area contributed by atoms with E-state index in [0.29, 0.717) is 18.9 Å². The van der Waals surface area contributed by atoms with E-state index in [1.165, 1.54) is 12.1 Å². The number of fused-ring (bicyclic) bond motifs is 3. The van der Waals surface area contributed by atoms with Gasteiger partial charge in [0.15, 0.2) is 11.4 Å². The number of nitrogens with one attached hydrogen (secondary N) is 1. The molecule has 0 amide bonds. The second-order valence-electron chi connectivity index (χ2n) is 5.72. The zero-order chi connectivity index (χ0) is 17.8. The third-order valence-electron chi connectivity index (χ3n) is 4.19. The van der Waals surface area contributed by atoms with Crippen LogP contribution >= 0.6 is 0 Å². The summed E-state index contributed by atoms with van der Waals surface area (Å²) in [5.41, 5.74) is 6.32. The molecular weight excluding hydrogens is 335 g/mol. The lowest BCUT2D eigenvalue weighted by Gasteiger charge is -2.17. The van der Waals surface area contributed by atoms with Crippen LogP contribution in [-0.2, 0) is 6.18 Å². The summed E-state index contributed by atoms with van der Waals surface area (Å²) in [5.74, 6) is 0.286. The van der Waals surface area contributed by atoms with E-state index in [2.05, 4.69) is 15.3 Å². The molecule has 9 heteroatoms. The number of benzene rings is 1. The molecule has 2 aromatic heterocycles. The molecule has 1 aliphatic heterocycles. The molecule has 0 spiro atoms. The number of rotatable bonds is 2. The SMILES string of the molecule is CNC1=CCN(c2nc(N)nc3c2oc2cccc(C(F)(F)F)c23)C1. The fraction of sp³-hybridized carbons (Fsp3) is 0.250. The summed E-state index contributed by atoms with van der Waals surface area (Å²) in [6, 6.07) is 3.79. The molecule has 6 nitrogen and oxygen atoms in total. The Balaban J connectivity index is 1.98. The first kappa shape index (κ1) is 15.6. The lowest BCUT2D eigenvalue weighted by atomic mass is 10.1. The third-order valence-corrected chi connectivity index (χ3v) is 4.19. The molecular formula is C16H14F3N5O. The lowest BCUT2D eigenvalue weighted by Crippen LogP contribution is -2.24. The molecule has 1 aliphatic rings. The summed E-state index contributed by atoms with van der Waals surface area (Å²) in [6.07, 6.45) is -2.56. The topological polar surface area (TPSA) is 80.2 Å². The molecule has 130 valence electrons. The van der Waals surface area contributed by atoms with Crippen molar-refractivity contribution in [1.82, 2.24) is 15.3 Å². The molecule has 0 aliphatic carbocycles. The molecule has 3 heterocycles. The monoisotopic (exact) mass is 349 g/mol. The van der Waals surface area contributed by atoms with E-state index in [-0.39, 0.29) is 28.0 Å². The Kier molecular flexibility index (Phi) is 3.28. The number of nitrogens with zero attached hydrogens (tertiary/aromatic N) is 3. The van der Waals surface area contributed by atoms with Crippen molar-refractivity contribution in [3.63, 3.8) is 0 Å². The maximum absolute atomic E-state index is 13.4. The van der Waals surface area contributed by atoms with Crippen LogP contribution in [0.2, 0.25) is 0 Å². The summed E-state index contributed by atoms with van der Waals surface area (Å²) in [7, 11) is 1.80. The predicted molar refractivity (Wildman–Crippen MR) is 88.1 cm³/mol. The highest BCUT2D eigenvalue weighted by molar-refractivity contribution is 6.08. The minimum Gasteiger partial charge on any atom is -0.450 e. The third kappa shape index (κ3) is 2.43. The van der Waals surface area contributed by atoms with Gasteiger partial charge in [-0.25, -0.2) is 4.98 Å². The van der Waals surface area contributed by atoms with E-state index in [4.69, 9.17) is 10.2 Å². The summed E-state index contributed by atoms with van der Waals surface area (Å²) in [4.78, 5) is 10.1.